The predicted octanol–water partition coefficient (Wildman–Crippen LogP) is 4.64. The van der Waals surface area contributed by atoms with E-state index >= 15 is 0 Å². The highest BCUT2D eigenvalue weighted by Crippen LogP contribution is 2.27. The SMILES string of the molecule is CCCCCCCCCCCCC(CC)(CN)CO. The van der Waals surface area contributed by atoms with Crippen LogP contribution in [0.4, 0.5) is 0 Å². The molecule has 1 unspecified atom stereocenters. The normalized spacial score (nSPS) is 14.5. The van der Waals surface area contributed by atoms with Crippen molar-refractivity contribution in [2.45, 2.75) is 90.9 Å². The second-order valence-electron chi connectivity index (χ2n) is 6.15. The molecule has 0 aromatic heterocycles. The Bertz CT molecular complexity index is 170. The molecule has 2 heteroatoms. The topological polar surface area (TPSA) is 46.2 Å². The van der Waals surface area contributed by atoms with Gasteiger partial charge in [-0.15, -0.1) is 0 Å². The van der Waals surface area contributed by atoms with Crippen molar-refractivity contribution in [3.63, 3.8) is 0 Å². The van der Waals surface area contributed by atoms with Gasteiger partial charge < -0.3 is 10.8 Å². The van der Waals surface area contributed by atoms with Crippen LogP contribution in [-0.4, -0.2) is 18.3 Å². The molecule has 0 aliphatic rings. The van der Waals surface area contributed by atoms with E-state index in [9.17, 15) is 5.11 Å². The second kappa shape index (κ2) is 12.9. The van der Waals surface area contributed by atoms with E-state index in [4.69, 9.17) is 5.73 Å². The molecule has 1 atom stereocenters. The van der Waals surface area contributed by atoms with Gasteiger partial charge in [-0.05, 0) is 12.8 Å². The van der Waals surface area contributed by atoms with Gasteiger partial charge in [-0.3, -0.25) is 0 Å². The van der Waals surface area contributed by atoms with Crippen LogP contribution in [-0.2, 0) is 0 Å². The van der Waals surface area contributed by atoms with Crippen LogP contribution in [0.15, 0.2) is 0 Å². The molecule has 0 saturated heterocycles. The largest absolute Gasteiger partial charge is 0.396 e. The van der Waals surface area contributed by atoms with Crippen molar-refractivity contribution < 1.29 is 5.11 Å². The lowest BCUT2D eigenvalue weighted by Crippen LogP contribution is -2.33. The number of hydrogen-bond acceptors (Lipinski definition) is 2. The third-order valence-electron chi connectivity index (χ3n) is 4.58. The second-order valence-corrected chi connectivity index (χ2v) is 6.15. The van der Waals surface area contributed by atoms with Crippen LogP contribution < -0.4 is 5.73 Å². The Kier molecular flexibility index (Phi) is 12.9. The maximum atomic E-state index is 9.44. The van der Waals surface area contributed by atoms with Crippen molar-refractivity contribution in [3.05, 3.63) is 0 Å². The number of unbranched alkanes of at least 4 members (excludes halogenated alkanes) is 9. The van der Waals surface area contributed by atoms with Crippen LogP contribution in [0.5, 0.6) is 0 Å². The highest BCUT2D eigenvalue weighted by molar-refractivity contribution is 4.77. The summed E-state index contributed by atoms with van der Waals surface area (Å²) in [6.45, 7) is 5.28. The molecular formula is C17H37NO. The van der Waals surface area contributed by atoms with Crippen LogP contribution in [0, 0.1) is 5.41 Å². The molecule has 2 nitrogen and oxygen atoms in total. The summed E-state index contributed by atoms with van der Waals surface area (Å²) in [7, 11) is 0. The van der Waals surface area contributed by atoms with Gasteiger partial charge in [-0.25, -0.2) is 0 Å². The Hall–Kier alpha value is -0.0800. The molecule has 0 saturated carbocycles. The summed E-state index contributed by atoms with van der Waals surface area (Å²) < 4.78 is 0. The zero-order valence-electron chi connectivity index (χ0n) is 13.4. The first kappa shape index (κ1) is 18.9. The molecule has 116 valence electrons. The van der Waals surface area contributed by atoms with Gasteiger partial charge in [0.25, 0.3) is 0 Å². The van der Waals surface area contributed by atoms with Gasteiger partial charge in [0.15, 0.2) is 0 Å². The Morgan fingerprint density at radius 2 is 1.26 bits per heavy atom. The highest BCUT2D eigenvalue weighted by Gasteiger charge is 2.24. The molecule has 0 spiro atoms. The van der Waals surface area contributed by atoms with Crippen molar-refractivity contribution in [2.24, 2.45) is 11.1 Å². The van der Waals surface area contributed by atoms with E-state index in [2.05, 4.69) is 13.8 Å². The summed E-state index contributed by atoms with van der Waals surface area (Å²) in [5.41, 5.74) is 5.79. The summed E-state index contributed by atoms with van der Waals surface area (Å²) in [4.78, 5) is 0. The van der Waals surface area contributed by atoms with Gasteiger partial charge in [0, 0.05) is 18.6 Å². The zero-order chi connectivity index (χ0) is 14.4. The molecule has 0 aromatic rings. The van der Waals surface area contributed by atoms with Gasteiger partial charge in [0.2, 0.25) is 0 Å². The molecule has 0 rings (SSSR count). The lowest BCUT2D eigenvalue weighted by atomic mass is 9.81. The smallest absolute Gasteiger partial charge is 0.0499 e. The summed E-state index contributed by atoms with van der Waals surface area (Å²) >= 11 is 0. The van der Waals surface area contributed by atoms with Crippen molar-refractivity contribution in [2.75, 3.05) is 13.2 Å². The molecular weight excluding hydrogens is 234 g/mol. The van der Waals surface area contributed by atoms with E-state index < -0.39 is 0 Å². The number of rotatable bonds is 14. The number of nitrogens with two attached hydrogens (primary N) is 1. The van der Waals surface area contributed by atoms with Crippen molar-refractivity contribution in [1.82, 2.24) is 0 Å². The van der Waals surface area contributed by atoms with Crippen molar-refractivity contribution in [1.29, 1.82) is 0 Å². The third kappa shape index (κ3) is 9.45. The summed E-state index contributed by atoms with van der Waals surface area (Å²) in [5.74, 6) is 0. The van der Waals surface area contributed by atoms with Crippen LogP contribution in [0.1, 0.15) is 90.9 Å². The Morgan fingerprint density at radius 1 is 0.789 bits per heavy atom. The lowest BCUT2D eigenvalue weighted by molar-refractivity contribution is 0.114. The third-order valence-corrected chi connectivity index (χ3v) is 4.58. The van der Waals surface area contributed by atoms with Gasteiger partial charge in [-0.1, -0.05) is 78.1 Å². The molecule has 3 N–H and O–H groups in total. The van der Waals surface area contributed by atoms with Crippen LogP contribution in [0.2, 0.25) is 0 Å². The first-order chi connectivity index (χ1) is 9.24. The zero-order valence-corrected chi connectivity index (χ0v) is 13.4. The molecule has 19 heavy (non-hydrogen) atoms. The first-order valence-corrected chi connectivity index (χ1v) is 8.55. The minimum Gasteiger partial charge on any atom is -0.396 e. The average molecular weight is 271 g/mol. The van der Waals surface area contributed by atoms with Crippen LogP contribution in [0.25, 0.3) is 0 Å². The average Bonchev–Trinajstić information content (AvgIpc) is 2.46. The van der Waals surface area contributed by atoms with E-state index in [-0.39, 0.29) is 12.0 Å². The summed E-state index contributed by atoms with van der Waals surface area (Å²) in [6, 6.07) is 0. The molecule has 0 bridgehead atoms. The molecule has 0 aromatic carbocycles. The summed E-state index contributed by atoms with van der Waals surface area (Å²) in [6.07, 6.45) is 15.7. The monoisotopic (exact) mass is 271 g/mol. The van der Waals surface area contributed by atoms with Crippen molar-refractivity contribution >= 4 is 0 Å². The van der Waals surface area contributed by atoms with Crippen LogP contribution in [0.3, 0.4) is 0 Å². The molecule has 0 aliphatic heterocycles. The number of hydrogen-bond donors (Lipinski definition) is 2. The molecule has 0 fully saturated rings. The quantitative estimate of drug-likeness (QED) is 0.452. The van der Waals surface area contributed by atoms with E-state index in [0.717, 1.165) is 12.8 Å². The maximum absolute atomic E-state index is 9.44. The van der Waals surface area contributed by atoms with E-state index in [0.29, 0.717) is 6.54 Å². The lowest BCUT2D eigenvalue weighted by Gasteiger charge is -2.29. The van der Waals surface area contributed by atoms with Gasteiger partial charge in [0.05, 0.1) is 0 Å². The molecule has 0 radical (unpaired) electrons. The highest BCUT2D eigenvalue weighted by atomic mass is 16.3. The predicted molar refractivity (Wildman–Crippen MR) is 85.3 cm³/mol. The Balaban J connectivity index is 3.35. The Morgan fingerprint density at radius 3 is 1.63 bits per heavy atom. The van der Waals surface area contributed by atoms with Crippen molar-refractivity contribution in [3.8, 4) is 0 Å². The minimum absolute atomic E-state index is 0.000151. The van der Waals surface area contributed by atoms with E-state index in [1.54, 1.807) is 0 Å². The fraction of sp³-hybridized carbons (Fsp3) is 1.00. The van der Waals surface area contributed by atoms with E-state index in [1.807, 2.05) is 0 Å². The molecule has 0 aliphatic carbocycles. The maximum Gasteiger partial charge on any atom is 0.0499 e. The number of aliphatic hydroxyl groups excluding tert-OH is 1. The van der Waals surface area contributed by atoms with Gasteiger partial charge >= 0.3 is 0 Å². The van der Waals surface area contributed by atoms with Gasteiger partial charge in [0.1, 0.15) is 0 Å². The van der Waals surface area contributed by atoms with E-state index in [1.165, 1.54) is 64.2 Å². The fourth-order valence-corrected chi connectivity index (χ4v) is 2.67. The minimum atomic E-state index is 0.000151. The van der Waals surface area contributed by atoms with Crippen LogP contribution >= 0.6 is 0 Å². The number of aliphatic hydroxyl groups is 1. The van der Waals surface area contributed by atoms with Gasteiger partial charge in [-0.2, -0.15) is 0 Å². The fourth-order valence-electron chi connectivity index (χ4n) is 2.67. The first-order valence-electron chi connectivity index (χ1n) is 8.55. The summed E-state index contributed by atoms with van der Waals surface area (Å²) in [5, 5.41) is 9.44. The molecule has 0 amide bonds. The molecule has 0 heterocycles. The standard InChI is InChI=1S/C17H37NO/c1-3-5-6-7-8-9-10-11-12-13-14-17(4-2,15-18)16-19/h19H,3-16,18H2,1-2H3. The Labute approximate surface area is 121 Å².